The van der Waals surface area contributed by atoms with Gasteiger partial charge < -0.3 is 18.9 Å². The highest BCUT2D eigenvalue weighted by molar-refractivity contribution is 7.99. The van der Waals surface area contributed by atoms with Gasteiger partial charge in [0.2, 0.25) is 5.91 Å². The summed E-state index contributed by atoms with van der Waals surface area (Å²) in [7, 11) is 3.27. The predicted octanol–water partition coefficient (Wildman–Crippen LogP) is 3.04. The van der Waals surface area contributed by atoms with Crippen molar-refractivity contribution in [3.8, 4) is 11.5 Å². The first-order valence-electron chi connectivity index (χ1n) is 9.83. The second-order valence-corrected chi connectivity index (χ2v) is 8.29. The van der Waals surface area contributed by atoms with Gasteiger partial charge in [0, 0.05) is 25.6 Å². The predicted molar refractivity (Wildman–Crippen MR) is 112 cm³/mol. The van der Waals surface area contributed by atoms with Gasteiger partial charge in [0.25, 0.3) is 0 Å². The molecule has 2 heterocycles. The number of hydrogen-bond donors (Lipinski definition) is 0. The van der Waals surface area contributed by atoms with Crippen molar-refractivity contribution in [2.75, 3.05) is 26.5 Å². The van der Waals surface area contributed by atoms with Gasteiger partial charge in [0.1, 0.15) is 5.82 Å². The van der Waals surface area contributed by atoms with E-state index in [9.17, 15) is 4.79 Å². The lowest BCUT2D eigenvalue weighted by Gasteiger charge is -2.29. The van der Waals surface area contributed by atoms with Crippen molar-refractivity contribution < 1.29 is 14.3 Å². The number of thioether (sulfide) groups is 1. The molecule has 8 heteroatoms. The third kappa shape index (κ3) is 4.12. The van der Waals surface area contributed by atoms with Crippen LogP contribution < -0.4 is 9.47 Å². The monoisotopic (exact) mass is 414 g/mol. The Kier molecular flexibility index (Phi) is 5.80. The number of benzene rings is 1. The molecule has 1 aromatic heterocycles. The summed E-state index contributed by atoms with van der Waals surface area (Å²) in [6.07, 6.45) is 5.00. The first kappa shape index (κ1) is 19.8. The lowest BCUT2D eigenvalue weighted by molar-refractivity contribution is -0.129. The molecule has 1 saturated carbocycles. The van der Waals surface area contributed by atoms with Crippen molar-refractivity contribution in [1.82, 2.24) is 19.7 Å². The van der Waals surface area contributed by atoms with Crippen LogP contribution in [0.3, 0.4) is 0 Å². The van der Waals surface area contributed by atoms with E-state index in [0.717, 1.165) is 28.7 Å². The molecule has 29 heavy (non-hydrogen) atoms. The zero-order valence-electron chi connectivity index (χ0n) is 16.9. The van der Waals surface area contributed by atoms with Crippen LogP contribution in [0.1, 0.15) is 35.7 Å². The van der Waals surface area contributed by atoms with E-state index in [4.69, 9.17) is 9.47 Å². The Morgan fingerprint density at radius 1 is 1.24 bits per heavy atom. The van der Waals surface area contributed by atoms with E-state index in [-0.39, 0.29) is 5.91 Å². The number of hydrogen-bond acceptors (Lipinski definition) is 6. The highest BCUT2D eigenvalue weighted by Gasteiger charge is 2.30. The van der Waals surface area contributed by atoms with E-state index in [0.29, 0.717) is 37.1 Å². The second-order valence-electron chi connectivity index (χ2n) is 7.34. The number of allylic oxidation sites excluding steroid dienone is 1. The molecule has 1 aliphatic heterocycles. The Balaban J connectivity index is 1.42. The fourth-order valence-electron chi connectivity index (χ4n) is 3.66. The number of ether oxygens (including phenoxy) is 2. The van der Waals surface area contributed by atoms with Crippen molar-refractivity contribution in [1.29, 1.82) is 0 Å². The highest BCUT2D eigenvalue weighted by Crippen LogP contribution is 2.40. The van der Waals surface area contributed by atoms with Gasteiger partial charge in [0.15, 0.2) is 16.7 Å². The van der Waals surface area contributed by atoms with Gasteiger partial charge in [0.05, 0.1) is 20.0 Å². The third-order valence-electron chi connectivity index (χ3n) is 5.40. The topological polar surface area (TPSA) is 69.5 Å². The largest absolute Gasteiger partial charge is 0.493 e. The fourth-order valence-corrected chi connectivity index (χ4v) is 4.52. The zero-order chi connectivity index (χ0) is 20.4. The van der Waals surface area contributed by atoms with Crippen molar-refractivity contribution >= 4 is 17.7 Å². The Morgan fingerprint density at radius 2 is 1.97 bits per heavy atom. The van der Waals surface area contributed by atoms with Crippen LogP contribution in [0, 0.1) is 0 Å². The molecule has 0 unspecified atom stereocenters. The highest BCUT2D eigenvalue weighted by atomic mass is 32.2. The number of aromatic nitrogens is 3. The molecule has 0 radical (unpaired) electrons. The summed E-state index contributed by atoms with van der Waals surface area (Å²) < 4.78 is 12.9. The lowest BCUT2D eigenvalue weighted by atomic mass is 9.99. The lowest BCUT2D eigenvalue weighted by Crippen LogP contribution is -2.37. The summed E-state index contributed by atoms with van der Waals surface area (Å²) in [5, 5.41) is 9.46. The van der Waals surface area contributed by atoms with Crippen molar-refractivity contribution in [2.45, 2.75) is 43.4 Å². The van der Waals surface area contributed by atoms with Crippen LogP contribution in [0.25, 0.3) is 0 Å². The molecule has 0 bridgehead atoms. The van der Waals surface area contributed by atoms with Gasteiger partial charge >= 0.3 is 0 Å². The Labute approximate surface area is 175 Å². The van der Waals surface area contributed by atoms with Crippen LogP contribution in [0.15, 0.2) is 29.9 Å². The number of fused-ring (bicyclic) bond motifs is 1. The summed E-state index contributed by atoms with van der Waals surface area (Å²) in [4.78, 5) is 14.8. The first-order valence-corrected chi connectivity index (χ1v) is 10.8. The van der Waals surface area contributed by atoms with E-state index in [1.807, 2.05) is 23.1 Å². The van der Waals surface area contributed by atoms with Crippen molar-refractivity contribution in [3.63, 3.8) is 0 Å². The van der Waals surface area contributed by atoms with Crippen LogP contribution in [0.2, 0.25) is 0 Å². The molecule has 4 rings (SSSR count). The van der Waals surface area contributed by atoms with Crippen LogP contribution >= 0.6 is 11.8 Å². The molecule has 2 aliphatic rings. The fraction of sp³-hybridized carbons (Fsp3) is 0.476. The molecular formula is C21H26N4O3S. The second kappa shape index (κ2) is 8.49. The number of carbonyl (C=O) groups excluding carboxylic acids is 1. The average Bonchev–Trinajstić information content (AvgIpc) is 3.52. The van der Waals surface area contributed by atoms with Crippen LogP contribution in [-0.2, 0) is 24.3 Å². The SMILES string of the molecule is C=CCn1c(SCC(=O)N2CCc3cc(OC)c(OC)cc3C2)nnc1C1CC1. The number of nitrogens with zero attached hydrogens (tertiary/aromatic N) is 4. The summed E-state index contributed by atoms with van der Waals surface area (Å²) in [6, 6.07) is 3.99. The molecule has 2 aromatic rings. The Morgan fingerprint density at radius 3 is 2.62 bits per heavy atom. The molecule has 1 aliphatic carbocycles. The minimum absolute atomic E-state index is 0.108. The molecular weight excluding hydrogens is 388 g/mol. The molecule has 0 atom stereocenters. The number of rotatable bonds is 8. The van der Waals surface area contributed by atoms with Crippen LogP contribution in [0.4, 0.5) is 0 Å². The van der Waals surface area contributed by atoms with Gasteiger partial charge in [-0.25, -0.2) is 0 Å². The molecule has 1 amide bonds. The summed E-state index contributed by atoms with van der Waals surface area (Å²) in [6.45, 7) is 5.80. The maximum absolute atomic E-state index is 12.9. The minimum Gasteiger partial charge on any atom is -0.493 e. The maximum atomic E-state index is 12.9. The quantitative estimate of drug-likeness (QED) is 0.489. The van der Waals surface area contributed by atoms with E-state index >= 15 is 0 Å². The smallest absolute Gasteiger partial charge is 0.233 e. The average molecular weight is 415 g/mol. The van der Waals surface area contributed by atoms with E-state index in [2.05, 4.69) is 21.3 Å². The molecule has 0 saturated heterocycles. The molecule has 1 aromatic carbocycles. The number of methoxy groups -OCH3 is 2. The summed E-state index contributed by atoms with van der Waals surface area (Å²) >= 11 is 1.46. The van der Waals surface area contributed by atoms with Crippen molar-refractivity contribution in [3.05, 3.63) is 41.7 Å². The number of amides is 1. The van der Waals surface area contributed by atoms with Gasteiger partial charge in [-0.1, -0.05) is 17.8 Å². The normalized spacial score (nSPS) is 15.7. The van der Waals surface area contributed by atoms with Gasteiger partial charge in [-0.05, 0) is 42.5 Å². The summed E-state index contributed by atoms with van der Waals surface area (Å²) in [5.41, 5.74) is 2.32. The Bertz CT molecular complexity index is 923. The van der Waals surface area contributed by atoms with Gasteiger partial charge in [-0.2, -0.15) is 0 Å². The van der Waals surface area contributed by atoms with E-state index < -0.39 is 0 Å². The summed E-state index contributed by atoms with van der Waals surface area (Å²) in [5.74, 6) is 3.42. The van der Waals surface area contributed by atoms with Crippen molar-refractivity contribution in [2.24, 2.45) is 0 Å². The van der Waals surface area contributed by atoms with Gasteiger partial charge in [-0.15, -0.1) is 16.8 Å². The van der Waals surface area contributed by atoms with Crippen LogP contribution in [0.5, 0.6) is 11.5 Å². The number of carbonyl (C=O) groups is 1. The van der Waals surface area contributed by atoms with E-state index in [1.165, 1.54) is 30.2 Å². The zero-order valence-corrected chi connectivity index (χ0v) is 17.7. The van der Waals surface area contributed by atoms with E-state index in [1.54, 1.807) is 14.2 Å². The standard InChI is InChI=1S/C21H26N4O3S/c1-4-8-25-20(14-5-6-14)22-23-21(25)29-13-19(26)24-9-7-15-10-17(27-2)18(28-3)11-16(15)12-24/h4,10-11,14H,1,5-9,12-13H2,2-3H3. The molecule has 0 N–H and O–H groups in total. The third-order valence-corrected chi connectivity index (χ3v) is 6.35. The molecule has 1 fully saturated rings. The molecule has 0 spiro atoms. The Hall–Kier alpha value is -2.48. The maximum Gasteiger partial charge on any atom is 0.233 e. The molecule has 7 nitrogen and oxygen atoms in total. The minimum atomic E-state index is 0.108. The first-order chi connectivity index (χ1) is 14.1. The van der Waals surface area contributed by atoms with Gasteiger partial charge in [-0.3, -0.25) is 4.79 Å². The van der Waals surface area contributed by atoms with Crippen LogP contribution in [-0.4, -0.2) is 52.1 Å². The molecule has 154 valence electrons.